The van der Waals surface area contributed by atoms with Crippen molar-refractivity contribution in [3.63, 3.8) is 0 Å². The van der Waals surface area contributed by atoms with Crippen LogP contribution >= 0.6 is 15.9 Å². The zero-order chi connectivity index (χ0) is 18.0. The van der Waals surface area contributed by atoms with Gasteiger partial charge in [0.25, 0.3) is 0 Å². The van der Waals surface area contributed by atoms with Crippen LogP contribution in [0.2, 0.25) is 0 Å². The molecule has 0 saturated carbocycles. The highest BCUT2D eigenvalue weighted by Gasteiger charge is 2.17. The first kappa shape index (κ1) is 17.8. The summed E-state index contributed by atoms with van der Waals surface area (Å²) in [7, 11) is -1.53. The van der Waals surface area contributed by atoms with E-state index in [4.69, 9.17) is 0 Å². The van der Waals surface area contributed by atoms with Crippen LogP contribution in [-0.4, -0.2) is 26.7 Å². The average Bonchev–Trinajstić information content (AvgIpc) is 2.56. The standard InChI is InChI=1S/C18H18BrN3O2S/c1-20-10-12-3-6-14(7-4-12)22-18-15-9-13(19)5-8-16(15)21-11-17(18)25(2,23)24/h3-9,11,20H,10H2,1-2H3,(H,21,22). The topological polar surface area (TPSA) is 71.1 Å². The van der Waals surface area contributed by atoms with Gasteiger partial charge in [0.15, 0.2) is 9.84 Å². The number of fused-ring (bicyclic) bond motifs is 1. The van der Waals surface area contributed by atoms with Crippen molar-refractivity contribution in [3.8, 4) is 0 Å². The number of hydrogen-bond donors (Lipinski definition) is 2. The molecular weight excluding hydrogens is 402 g/mol. The van der Waals surface area contributed by atoms with E-state index in [2.05, 4.69) is 31.5 Å². The quantitative estimate of drug-likeness (QED) is 0.656. The SMILES string of the molecule is CNCc1ccc(Nc2c(S(C)(=O)=O)cnc3ccc(Br)cc23)cc1. The molecule has 0 saturated heterocycles. The van der Waals surface area contributed by atoms with Crippen molar-refractivity contribution in [1.82, 2.24) is 10.3 Å². The Kier molecular flexibility index (Phi) is 5.08. The largest absolute Gasteiger partial charge is 0.354 e. The van der Waals surface area contributed by atoms with Crippen LogP contribution in [0.1, 0.15) is 5.56 Å². The normalized spacial score (nSPS) is 11.6. The maximum Gasteiger partial charge on any atom is 0.179 e. The summed E-state index contributed by atoms with van der Waals surface area (Å²) in [6.07, 6.45) is 2.60. The molecule has 3 aromatic rings. The van der Waals surface area contributed by atoms with Crippen molar-refractivity contribution in [1.29, 1.82) is 0 Å². The molecule has 0 fully saturated rings. The van der Waals surface area contributed by atoms with Crippen molar-refractivity contribution in [3.05, 3.63) is 58.7 Å². The number of benzene rings is 2. The van der Waals surface area contributed by atoms with Gasteiger partial charge in [0, 0.05) is 34.5 Å². The molecule has 0 amide bonds. The van der Waals surface area contributed by atoms with Gasteiger partial charge in [0.1, 0.15) is 4.90 Å². The van der Waals surface area contributed by atoms with Gasteiger partial charge in [-0.05, 0) is 42.9 Å². The highest BCUT2D eigenvalue weighted by atomic mass is 79.9. The molecule has 0 unspecified atom stereocenters. The summed E-state index contributed by atoms with van der Waals surface area (Å²) < 4.78 is 25.3. The first-order valence-corrected chi connectivity index (χ1v) is 10.4. The Balaban J connectivity index is 2.13. The fourth-order valence-corrected chi connectivity index (χ4v) is 3.75. The van der Waals surface area contributed by atoms with Gasteiger partial charge < -0.3 is 10.6 Å². The Hall–Kier alpha value is -1.96. The number of anilines is 2. The number of rotatable bonds is 5. The number of hydrogen-bond acceptors (Lipinski definition) is 5. The Bertz CT molecular complexity index is 1020. The molecule has 0 aliphatic heterocycles. The van der Waals surface area contributed by atoms with Gasteiger partial charge in [-0.3, -0.25) is 4.98 Å². The zero-order valence-electron chi connectivity index (χ0n) is 13.9. The van der Waals surface area contributed by atoms with Crippen LogP contribution in [-0.2, 0) is 16.4 Å². The first-order valence-electron chi connectivity index (χ1n) is 7.67. The molecule has 7 heteroatoms. The third kappa shape index (κ3) is 4.00. The molecule has 2 N–H and O–H groups in total. The summed E-state index contributed by atoms with van der Waals surface area (Å²) in [5.41, 5.74) is 3.23. The Morgan fingerprint density at radius 3 is 2.48 bits per heavy atom. The van der Waals surface area contributed by atoms with E-state index in [-0.39, 0.29) is 4.90 Å². The van der Waals surface area contributed by atoms with E-state index in [0.29, 0.717) is 5.69 Å². The second kappa shape index (κ2) is 7.11. The monoisotopic (exact) mass is 419 g/mol. The smallest absolute Gasteiger partial charge is 0.179 e. The number of nitrogens with zero attached hydrogens (tertiary/aromatic N) is 1. The summed E-state index contributed by atoms with van der Waals surface area (Å²) in [4.78, 5) is 4.46. The van der Waals surface area contributed by atoms with Gasteiger partial charge in [0.05, 0.1) is 11.2 Å². The van der Waals surface area contributed by atoms with E-state index < -0.39 is 9.84 Å². The van der Waals surface area contributed by atoms with E-state index >= 15 is 0 Å². The molecule has 2 aromatic carbocycles. The van der Waals surface area contributed by atoms with Crippen molar-refractivity contribution >= 4 is 48.0 Å². The lowest BCUT2D eigenvalue weighted by Gasteiger charge is -2.14. The summed E-state index contributed by atoms with van der Waals surface area (Å²) >= 11 is 3.44. The van der Waals surface area contributed by atoms with Gasteiger partial charge in [-0.2, -0.15) is 0 Å². The number of sulfone groups is 1. The fraction of sp³-hybridized carbons (Fsp3) is 0.167. The average molecular weight is 420 g/mol. The molecule has 0 aliphatic carbocycles. The summed E-state index contributed by atoms with van der Waals surface area (Å²) in [5.74, 6) is 0. The van der Waals surface area contributed by atoms with Crippen LogP contribution < -0.4 is 10.6 Å². The Morgan fingerprint density at radius 1 is 1.12 bits per heavy atom. The van der Waals surface area contributed by atoms with Crippen molar-refractivity contribution < 1.29 is 8.42 Å². The number of aromatic nitrogens is 1. The first-order chi connectivity index (χ1) is 11.9. The Labute approximate surface area is 155 Å². The molecule has 0 atom stereocenters. The maximum atomic E-state index is 12.2. The van der Waals surface area contributed by atoms with Gasteiger partial charge >= 0.3 is 0 Å². The van der Waals surface area contributed by atoms with Crippen LogP contribution in [0.3, 0.4) is 0 Å². The van der Waals surface area contributed by atoms with Crippen molar-refractivity contribution in [2.75, 3.05) is 18.6 Å². The number of nitrogens with one attached hydrogen (secondary N) is 2. The van der Waals surface area contributed by atoms with Gasteiger partial charge in [-0.1, -0.05) is 28.1 Å². The lowest BCUT2D eigenvalue weighted by Crippen LogP contribution is -2.06. The van der Waals surface area contributed by atoms with Crippen LogP contribution in [0.15, 0.2) is 58.0 Å². The van der Waals surface area contributed by atoms with Crippen molar-refractivity contribution in [2.24, 2.45) is 0 Å². The predicted molar refractivity (Wildman–Crippen MR) is 105 cm³/mol. The molecular formula is C18H18BrN3O2S. The minimum absolute atomic E-state index is 0.178. The molecule has 5 nitrogen and oxygen atoms in total. The highest BCUT2D eigenvalue weighted by Crippen LogP contribution is 2.33. The molecule has 1 aromatic heterocycles. The maximum absolute atomic E-state index is 12.2. The lowest BCUT2D eigenvalue weighted by molar-refractivity contribution is 0.602. The van der Waals surface area contributed by atoms with E-state index in [9.17, 15) is 8.42 Å². The zero-order valence-corrected chi connectivity index (χ0v) is 16.3. The van der Waals surface area contributed by atoms with Crippen LogP contribution in [0, 0.1) is 0 Å². The molecule has 25 heavy (non-hydrogen) atoms. The van der Waals surface area contributed by atoms with E-state index in [1.807, 2.05) is 49.5 Å². The minimum atomic E-state index is -3.42. The van der Waals surface area contributed by atoms with E-state index in [1.165, 1.54) is 12.5 Å². The third-order valence-corrected chi connectivity index (χ3v) is 5.40. The predicted octanol–water partition coefficient (Wildman–Crippen LogP) is 3.86. The number of pyridine rings is 1. The Morgan fingerprint density at radius 2 is 1.84 bits per heavy atom. The fourth-order valence-electron chi connectivity index (χ4n) is 2.61. The highest BCUT2D eigenvalue weighted by molar-refractivity contribution is 9.10. The van der Waals surface area contributed by atoms with Crippen LogP contribution in [0.4, 0.5) is 11.4 Å². The van der Waals surface area contributed by atoms with Gasteiger partial charge in [-0.15, -0.1) is 0 Å². The summed E-state index contributed by atoms with van der Waals surface area (Å²) in [5, 5.41) is 7.10. The van der Waals surface area contributed by atoms with Crippen LogP contribution in [0.5, 0.6) is 0 Å². The molecule has 1 heterocycles. The van der Waals surface area contributed by atoms with Gasteiger partial charge in [-0.25, -0.2) is 8.42 Å². The second-order valence-corrected chi connectivity index (χ2v) is 8.68. The molecule has 0 spiro atoms. The van der Waals surface area contributed by atoms with Crippen LogP contribution in [0.25, 0.3) is 10.9 Å². The summed E-state index contributed by atoms with van der Waals surface area (Å²) in [6.45, 7) is 0.778. The third-order valence-electron chi connectivity index (χ3n) is 3.80. The summed E-state index contributed by atoms with van der Waals surface area (Å²) in [6, 6.07) is 13.5. The van der Waals surface area contributed by atoms with E-state index in [0.717, 1.165) is 33.2 Å². The lowest BCUT2D eigenvalue weighted by atomic mass is 10.1. The minimum Gasteiger partial charge on any atom is -0.354 e. The second-order valence-electron chi connectivity index (χ2n) is 5.78. The van der Waals surface area contributed by atoms with E-state index in [1.54, 1.807) is 0 Å². The molecule has 0 aliphatic rings. The molecule has 0 bridgehead atoms. The van der Waals surface area contributed by atoms with Gasteiger partial charge in [0.2, 0.25) is 0 Å². The number of halogens is 1. The molecule has 0 radical (unpaired) electrons. The van der Waals surface area contributed by atoms with Crippen molar-refractivity contribution in [2.45, 2.75) is 11.4 Å². The molecule has 3 rings (SSSR count). The molecule has 130 valence electrons.